The van der Waals surface area contributed by atoms with Gasteiger partial charge in [-0.05, 0) is 91.1 Å². The van der Waals surface area contributed by atoms with E-state index in [-0.39, 0.29) is 18.0 Å². The second kappa shape index (κ2) is 11.0. The highest BCUT2D eigenvalue weighted by Gasteiger charge is 2.47. The van der Waals surface area contributed by atoms with Crippen molar-refractivity contribution in [1.82, 2.24) is 19.0 Å². The van der Waals surface area contributed by atoms with Gasteiger partial charge in [-0.25, -0.2) is 4.98 Å². The number of imidazole rings is 1. The number of hydrogen-bond acceptors (Lipinski definition) is 4. The number of piperidine rings is 1. The van der Waals surface area contributed by atoms with Gasteiger partial charge in [-0.3, -0.25) is 4.79 Å². The number of halogens is 3. The number of aromatic nitrogens is 3. The highest BCUT2D eigenvalue weighted by atomic mass is 19.4. The zero-order valence-electron chi connectivity index (χ0n) is 26.3. The molecule has 0 spiro atoms. The Labute approximate surface area is 270 Å². The summed E-state index contributed by atoms with van der Waals surface area (Å²) in [5, 5.41) is 1.05. The average molecular weight is 640 g/mol. The van der Waals surface area contributed by atoms with Gasteiger partial charge in [0, 0.05) is 48.7 Å². The number of fused-ring (bicyclic) bond motifs is 4. The van der Waals surface area contributed by atoms with Crippen molar-refractivity contribution in [2.45, 2.75) is 50.5 Å². The Balaban J connectivity index is 1.16. The zero-order chi connectivity index (χ0) is 32.6. The smallest absolute Gasteiger partial charge is 0.416 e. The van der Waals surface area contributed by atoms with E-state index >= 15 is 0 Å². The van der Waals surface area contributed by atoms with Gasteiger partial charge >= 0.3 is 6.18 Å². The van der Waals surface area contributed by atoms with Gasteiger partial charge in [0.15, 0.2) is 5.82 Å². The van der Waals surface area contributed by atoms with Crippen molar-refractivity contribution in [3.63, 3.8) is 0 Å². The molecule has 2 bridgehead atoms. The van der Waals surface area contributed by atoms with E-state index in [1.54, 1.807) is 7.11 Å². The molecule has 10 heteroatoms. The molecule has 3 fully saturated rings. The molecule has 3 aromatic carbocycles. The van der Waals surface area contributed by atoms with Crippen LogP contribution in [0.1, 0.15) is 52.7 Å². The Hall–Kier alpha value is -4.57. The highest BCUT2D eigenvalue weighted by Crippen LogP contribution is 2.40. The Morgan fingerprint density at radius 1 is 1.00 bits per heavy atom. The summed E-state index contributed by atoms with van der Waals surface area (Å²) in [4.78, 5) is 20.7. The van der Waals surface area contributed by atoms with E-state index in [2.05, 4.69) is 22.8 Å². The second-order valence-corrected chi connectivity index (χ2v) is 13.3. The van der Waals surface area contributed by atoms with Crippen LogP contribution in [-0.4, -0.2) is 50.7 Å². The van der Waals surface area contributed by atoms with Crippen molar-refractivity contribution in [3.05, 3.63) is 82.9 Å². The summed E-state index contributed by atoms with van der Waals surface area (Å²) in [7, 11) is 3.59. The normalized spacial score (nSPS) is 21.1. The summed E-state index contributed by atoms with van der Waals surface area (Å²) in [5.41, 5.74) is 11.5. The molecule has 47 heavy (non-hydrogen) atoms. The van der Waals surface area contributed by atoms with Crippen LogP contribution >= 0.6 is 0 Å². The standard InChI is InChI=1S/C37H36F3N5O2/c1-43-34-28(16-26(18-32(34)47-2)36(46)45-20-24-10-14-30(45)33(24)41)42-35(43)31-17-25-15-22(9-13-29(25)44(31)19-23-5-6-23)4-3-21-7-11-27(12-8-21)37(38,39)40/h3-4,7-9,11-13,15-18,23-24,30,33H,5-6,10,14,19-20,41H2,1-2H3/b4-3+/t24-,30+,33?/m1/s1. The summed E-state index contributed by atoms with van der Waals surface area (Å²) in [6.45, 7) is 1.57. The number of carbonyl (C=O) groups excluding carboxylic acids is 1. The quantitative estimate of drug-likeness (QED) is 0.189. The van der Waals surface area contributed by atoms with Crippen LogP contribution in [0.2, 0.25) is 0 Å². The molecule has 1 saturated heterocycles. The molecular weight excluding hydrogens is 603 g/mol. The van der Waals surface area contributed by atoms with Gasteiger partial charge in [0.05, 0.1) is 23.9 Å². The molecule has 2 aromatic heterocycles. The molecule has 242 valence electrons. The molecule has 1 unspecified atom stereocenters. The first-order chi connectivity index (χ1) is 22.6. The molecule has 5 aromatic rings. The molecule has 3 heterocycles. The molecule has 8 rings (SSSR count). The van der Waals surface area contributed by atoms with E-state index in [0.29, 0.717) is 40.8 Å². The fourth-order valence-electron chi connectivity index (χ4n) is 7.58. The van der Waals surface area contributed by atoms with Gasteiger partial charge in [0.2, 0.25) is 0 Å². The van der Waals surface area contributed by atoms with Crippen LogP contribution in [0.3, 0.4) is 0 Å². The predicted octanol–water partition coefficient (Wildman–Crippen LogP) is 7.36. The third-order valence-corrected chi connectivity index (χ3v) is 10.3. The number of hydrogen-bond donors (Lipinski definition) is 1. The number of nitrogens with two attached hydrogens (primary N) is 1. The number of nitrogens with zero attached hydrogens (tertiary/aromatic N) is 4. The zero-order valence-corrected chi connectivity index (χ0v) is 26.3. The van der Waals surface area contributed by atoms with Crippen LogP contribution in [0.15, 0.2) is 60.7 Å². The molecule has 0 radical (unpaired) electrons. The largest absolute Gasteiger partial charge is 0.494 e. The molecular formula is C37H36F3N5O2. The lowest BCUT2D eigenvalue weighted by atomic mass is 10.1. The van der Waals surface area contributed by atoms with E-state index in [9.17, 15) is 18.0 Å². The van der Waals surface area contributed by atoms with Crippen LogP contribution in [0, 0.1) is 11.8 Å². The van der Waals surface area contributed by atoms with Gasteiger partial charge in [0.25, 0.3) is 5.91 Å². The van der Waals surface area contributed by atoms with Crippen LogP contribution < -0.4 is 10.5 Å². The first-order valence-electron chi connectivity index (χ1n) is 16.2. The lowest BCUT2D eigenvalue weighted by Gasteiger charge is -2.27. The minimum Gasteiger partial charge on any atom is -0.494 e. The number of amides is 1. The Kier molecular flexibility index (Phi) is 6.98. The van der Waals surface area contributed by atoms with E-state index in [1.165, 1.54) is 25.0 Å². The number of ether oxygens (including phenoxy) is 1. The van der Waals surface area contributed by atoms with Crippen LogP contribution in [0.4, 0.5) is 13.2 Å². The minimum absolute atomic E-state index is 0.0280. The molecule has 7 nitrogen and oxygen atoms in total. The Morgan fingerprint density at radius 2 is 1.74 bits per heavy atom. The van der Waals surface area contributed by atoms with E-state index in [1.807, 2.05) is 46.9 Å². The van der Waals surface area contributed by atoms with Gasteiger partial charge in [-0.15, -0.1) is 0 Å². The maximum Gasteiger partial charge on any atom is 0.416 e. The first-order valence-corrected chi connectivity index (χ1v) is 16.2. The fourth-order valence-corrected chi connectivity index (χ4v) is 7.58. The number of methoxy groups -OCH3 is 1. The number of likely N-dealkylation sites (tertiary alicyclic amines) is 1. The van der Waals surface area contributed by atoms with E-state index in [0.717, 1.165) is 65.0 Å². The van der Waals surface area contributed by atoms with Crippen molar-refractivity contribution >= 4 is 40.0 Å². The molecule has 2 aliphatic carbocycles. The van der Waals surface area contributed by atoms with Crippen molar-refractivity contribution in [2.75, 3.05) is 13.7 Å². The number of benzene rings is 3. The summed E-state index contributed by atoms with van der Waals surface area (Å²) in [6, 6.07) is 17.4. The summed E-state index contributed by atoms with van der Waals surface area (Å²) >= 11 is 0. The molecule has 1 amide bonds. The van der Waals surface area contributed by atoms with Gasteiger partial charge in [-0.1, -0.05) is 30.4 Å². The van der Waals surface area contributed by atoms with Crippen molar-refractivity contribution in [2.24, 2.45) is 24.6 Å². The number of alkyl halides is 3. The maximum absolute atomic E-state index is 13.7. The van der Waals surface area contributed by atoms with Crippen LogP contribution in [-0.2, 0) is 19.8 Å². The average Bonchev–Trinajstić information content (AvgIpc) is 3.46. The van der Waals surface area contributed by atoms with Gasteiger partial charge in [0.1, 0.15) is 11.3 Å². The van der Waals surface area contributed by atoms with Crippen molar-refractivity contribution in [1.29, 1.82) is 0 Å². The molecule has 3 aliphatic rings. The molecule has 1 aliphatic heterocycles. The summed E-state index contributed by atoms with van der Waals surface area (Å²) in [5.74, 6) is 2.33. The monoisotopic (exact) mass is 639 g/mol. The molecule has 2 N–H and O–H groups in total. The lowest BCUT2D eigenvalue weighted by molar-refractivity contribution is -0.137. The number of aryl methyl sites for hydroxylation is 1. The third kappa shape index (κ3) is 5.19. The topological polar surface area (TPSA) is 78.3 Å². The third-order valence-electron chi connectivity index (χ3n) is 10.3. The summed E-state index contributed by atoms with van der Waals surface area (Å²) in [6.07, 6.45) is 3.78. The van der Waals surface area contributed by atoms with E-state index < -0.39 is 11.7 Å². The SMILES string of the molecule is COc1cc(C(=O)N2C[C@H]3CC[C@H]2C3N)cc2nc(-c3cc4cc(/C=C/c5ccc(C(F)(F)F)cc5)ccc4n3CC3CC3)n(C)c12. The number of rotatable bonds is 7. The van der Waals surface area contributed by atoms with E-state index in [4.69, 9.17) is 15.5 Å². The Morgan fingerprint density at radius 3 is 2.40 bits per heavy atom. The summed E-state index contributed by atoms with van der Waals surface area (Å²) < 4.78 is 49.1. The molecule has 3 atom stereocenters. The predicted molar refractivity (Wildman–Crippen MR) is 177 cm³/mol. The lowest BCUT2D eigenvalue weighted by Crippen LogP contribution is -2.41. The van der Waals surface area contributed by atoms with Crippen molar-refractivity contribution < 1.29 is 22.7 Å². The van der Waals surface area contributed by atoms with Crippen molar-refractivity contribution in [3.8, 4) is 17.3 Å². The fraction of sp³-hybridized carbons (Fsp3) is 0.351. The molecule has 2 saturated carbocycles. The van der Waals surface area contributed by atoms with Crippen LogP contribution in [0.5, 0.6) is 5.75 Å². The Bertz CT molecular complexity index is 2050. The van der Waals surface area contributed by atoms with Crippen LogP contribution in [0.25, 0.3) is 45.6 Å². The minimum atomic E-state index is -4.36. The first kappa shape index (κ1) is 29.8. The second-order valence-electron chi connectivity index (χ2n) is 13.3. The highest BCUT2D eigenvalue weighted by molar-refractivity contribution is 6.00. The van der Waals surface area contributed by atoms with Gasteiger partial charge in [-0.2, -0.15) is 13.2 Å². The van der Waals surface area contributed by atoms with Gasteiger partial charge < -0.3 is 24.5 Å². The maximum atomic E-state index is 13.7. The number of carbonyl (C=O) groups is 1.